The van der Waals surface area contributed by atoms with Crippen molar-refractivity contribution in [1.82, 2.24) is 4.90 Å². The minimum Gasteiger partial charge on any atom is -0.480 e. The number of carbonyl (C=O) groups is 2. The molecular weight excluding hydrogens is 194 g/mol. The van der Waals surface area contributed by atoms with Gasteiger partial charge in [0, 0.05) is 6.54 Å². The van der Waals surface area contributed by atoms with E-state index in [0.29, 0.717) is 13.0 Å². The number of likely N-dealkylation sites (tertiary alicyclic amines) is 1. The van der Waals surface area contributed by atoms with Gasteiger partial charge in [-0.25, -0.2) is 4.79 Å². The summed E-state index contributed by atoms with van der Waals surface area (Å²) in [6.45, 7) is 3.64. The van der Waals surface area contributed by atoms with Crippen molar-refractivity contribution >= 4 is 11.9 Å². The predicted octanol–water partition coefficient (Wildman–Crippen LogP) is 0.865. The van der Waals surface area contributed by atoms with Crippen LogP contribution >= 0.6 is 0 Å². The molecule has 0 aromatic heterocycles. The third-order valence-electron chi connectivity index (χ3n) is 2.83. The average molecular weight is 209 g/mol. The van der Waals surface area contributed by atoms with E-state index in [1.54, 1.807) is 13.8 Å². The van der Waals surface area contributed by atoms with Gasteiger partial charge in [-0.1, -0.05) is 5.92 Å². The van der Waals surface area contributed by atoms with Crippen molar-refractivity contribution in [3.05, 3.63) is 0 Å². The minimum atomic E-state index is -1.08. The Morgan fingerprint density at radius 2 is 2.07 bits per heavy atom. The van der Waals surface area contributed by atoms with E-state index in [0.717, 1.165) is 12.8 Å². The summed E-state index contributed by atoms with van der Waals surface area (Å²) < 4.78 is 0. The van der Waals surface area contributed by atoms with Crippen LogP contribution in [0.1, 0.15) is 33.1 Å². The molecular formula is C11H15NO3. The number of rotatable bonds is 1. The highest BCUT2D eigenvalue weighted by atomic mass is 16.4. The molecule has 1 amide bonds. The monoisotopic (exact) mass is 209 g/mol. The van der Waals surface area contributed by atoms with E-state index in [1.807, 2.05) is 0 Å². The minimum absolute atomic E-state index is 0.387. The van der Waals surface area contributed by atoms with Crippen LogP contribution in [-0.2, 0) is 9.59 Å². The molecule has 0 radical (unpaired) electrons. The van der Waals surface area contributed by atoms with Crippen molar-refractivity contribution in [1.29, 1.82) is 0 Å². The first-order valence-electron chi connectivity index (χ1n) is 5.00. The van der Waals surface area contributed by atoms with Gasteiger partial charge in [0.1, 0.15) is 5.54 Å². The fourth-order valence-electron chi connectivity index (χ4n) is 1.84. The third-order valence-corrected chi connectivity index (χ3v) is 2.83. The first-order valence-corrected chi connectivity index (χ1v) is 5.00. The Morgan fingerprint density at radius 1 is 1.40 bits per heavy atom. The largest absolute Gasteiger partial charge is 0.480 e. The van der Waals surface area contributed by atoms with E-state index in [9.17, 15) is 9.59 Å². The van der Waals surface area contributed by atoms with Crippen LogP contribution in [0.25, 0.3) is 0 Å². The van der Waals surface area contributed by atoms with Crippen molar-refractivity contribution in [3.63, 3.8) is 0 Å². The quantitative estimate of drug-likeness (QED) is 0.652. The van der Waals surface area contributed by atoms with E-state index in [-0.39, 0.29) is 5.91 Å². The maximum absolute atomic E-state index is 11.6. The lowest BCUT2D eigenvalue weighted by atomic mass is 9.88. The molecule has 4 heteroatoms. The van der Waals surface area contributed by atoms with Crippen molar-refractivity contribution in [2.24, 2.45) is 0 Å². The molecule has 1 aliphatic heterocycles. The third kappa shape index (κ3) is 2.12. The van der Waals surface area contributed by atoms with E-state index >= 15 is 0 Å². The van der Waals surface area contributed by atoms with Gasteiger partial charge >= 0.3 is 5.97 Å². The average Bonchev–Trinajstić information content (AvgIpc) is 2.18. The second-order valence-corrected chi connectivity index (χ2v) is 3.87. The standard InChI is InChI=1S/C11H15NO3/c1-3-6-9(13)12-8-5-4-7-11(12,2)10(14)15/h4-5,7-8H2,1-2H3,(H,14,15). The summed E-state index contributed by atoms with van der Waals surface area (Å²) in [5.41, 5.74) is -1.08. The number of carboxylic acid groups (broad SMARTS) is 1. The van der Waals surface area contributed by atoms with Gasteiger partial charge in [-0.15, -0.1) is 0 Å². The molecule has 0 aromatic carbocycles. The van der Waals surface area contributed by atoms with E-state index in [4.69, 9.17) is 5.11 Å². The van der Waals surface area contributed by atoms with Gasteiger partial charge in [-0.05, 0) is 39.0 Å². The SMILES string of the molecule is CC#CC(=O)N1CCCCC1(C)C(=O)O. The van der Waals surface area contributed by atoms with Gasteiger partial charge in [0.25, 0.3) is 5.91 Å². The van der Waals surface area contributed by atoms with Crippen LogP contribution in [0.3, 0.4) is 0 Å². The highest BCUT2D eigenvalue weighted by Gasteiger charge is 2.43. The van der Waals surface area contributed by atoms with Gasteiger partial charge in [-0.3, -0.25) is 4.79 Å². The summed E-state index contributed by atoms with van der Waals surface area (Å²) in [6.07, 6.45) is 2.19. The first kappa shape index (κ1) is 11.6. The lowest BCUT2D eigenvalue weighted by Gasteiger charge is -2.40. The van der Waals surface area contributed by atoms with Crippen LogP contribution in [0.4, 0.5) is 0 Å². The molecule has 0 aliphatic carbocycles. The number of carboxylic acids is 1. The van der Waals surface area contributed by atoms with E-state index in [2.05, 4.69) is 11.8 Å². The lowest BCUT2D eigenvalue weighted by Crippen LogP contribution is -2.57. The van der Waals surface area contributed by atoms with Crippen molar-refractivity contribution in [2.45, 2.75) is 38.6 Å². The van der Waals surface area contributed by atoms with Crippen LogP contribution in [-0.4, -0.2) is 34.0 Å². The van der Waals surface area contributed by atoms with Crippen molar-refractivity contribution < 1.29 is 14.7 Å². The molecule has 0 saturated carbocycles. The summed E-state index contributed by atoms with van der Waals surface area (Å²) in [6, 6.07) is 0. The van der Waals surface area contributed by atoms with Crippen LogP contribution in [0.2, 0.25) is 0 Å². The van der Waals surface area contributed by atoms with Crippen LogP contribution in [0.15, 0.2) is 0 Å². The highest BCUT2D eigenvalue weighted by Crippen LogP contribution is 2.28. The summed E-state index contributed by atoms with van der Waals surface area (Å²) in [7, 11) is 0. The lowest BCUT2D eigenvalue weighted by molar-refractivity contribution is -0.158. The molecule has 1 heterocycles. The van der Waals surface area contributed by atoms with E-state index in [1.165, 1.54) is 4.90 Å². The molecule has 0 spiro atoms. The Morgan fingerprint density at radius 3 is 2.60 bits per heavy atom. The maximum atomic E-state index is 11.6. The number of piperidine rings is 1. The Kier molecular flexibility index (Phi) is 3.35. The Balaban J connectivity index is 2.95. The fraction of sp³-hybridized carbons (Fsp3) is 0.636. The zero-order chi connectivity index (χ0) is 11.5. The van der Waals surface area contributed by atoms with Crippen LogP contribution in [0, 0.1) is 11.8 Å². The number of amides is 1. The van der Waals surface area contributed by atoms with E-state index < -0.39 is 11.5 Å². The normalized spacial score (nSPS) is 25.3. The molecule has 0 bridgehead atoms. The fourth-order valence-corrected chi connectivity index (χ4v) is 1.84. The molecule has 82 valence electrons. The Hall–Kier alpha value is -1.50. The maximum Gasteiger partial charge on any atom is 0.329 e. The molecule has 1 N–H and O–H groups in total. The number of hydrogen-bond acceptors (Lipinski definition) is 2. The van der Waals surface area contributed by atoms with Crippen molar-refractivity contribution in [2.75, 3.05) is 6.54 Å². The zero-order valence-corrected chi connectivity index (χ0v) is 9.04. The van der Waals surface area contributed by atoms with Crippen LogP contribution < -0.4 is 0 Å². The Bertz CT molecular complexity index is 339. The summed E-state index contributed by atoms with van der Waals surface area (Å²) >= 11 is 0. The zero-order valence-electron chi connectivity index (χ0n) is 9.04. The van der Waals surface area contributed by atoms with Gasteiger partial charge in [0.2, 0.25) is 0 Å². The summed E-state index contributed by atoms with van der Waals surface area (Å²) in [4.78, 5) is 24.1. The molecule has 1 aliphatic rings. The van der Waals surface area contributed by atoms with Crippen LogP contribution in [0.5, 0.6) is 0 Å². The molecule has 1 unspecified atom stereocenters. The molecule has 1 rings (SSSR count). The highest BCUT2D eigenvalue weighted by molar-refractivity contribution is 5.97. The van der Waals surface area contributed by atoms with Gasteiger partial charge < -0.3 is 10.0 Å². The first-order chi connectivity index (χ1) is 7.02. The molecule has 0 aromatic rings. The molecule has 1 saturated heterocycles. The summed E-state index contributed by atoms with van der Waals surface area (Å²) in [5.74, 6) is 3.57. The number of carbonyl (C=O) groups excluding carboxylic acids is 1. The predicted molar refractivity (Wildman–Crippen MR) is 55.1 cm³/mol. The Labute approximate surface area is 89.3 Å². The van der Waals surface area contributed by atoms with Gasteiger partial charge in [0.15, 0.2) is 0 Å². The molecule has 4 nitrogen and oxygen atoms in total. The van der Waals surface area contributed by atoms with Gasteiger partial charge in [-0.2, -0.15) is 0 Å². The number of aliphatic carboxylic acids is 1. The molecule has 1 atom stereocenters. The second-order valence-electron chi connectivity index (χ2n) is 3.87. The smallest absolute Gasteiger partial charge is 0.329 e. The molecule has 1 fully saturated rings. The van der Waals surface area contributed by atoms with Crippen molar-refractivity contribution in [3.8, 4) is 11.8 Å². The summed E-state index contributed by atoms with van der Waals surface area (Å²) in [5, 5.41) is 9.14. The number of nitrogens with zero attached hydrogens (tertiary/aromatic N) is 1. The number of hydrogen-bond donors (Lipinski definition) is 1. The molecule has 15 heavy (non-hydrogen) atoms. The second kappa shape index (κ2) is 4.35. The topological polar surface area (TPSA) is 57.6 Å². The van der Waals surface area contributed by atoms with Gasteiger partial charge in [0.05, 0.1) is 0 Å².